The van der Waals surface area contributed by atoms with Gasteiger partial charge in [0.25, 0.3) is 0 Å². The van der Waals surface area contributed by atoms with E-state index in [1.165, 1.54) is 81.2 Å². The maximum absolute atomic E-state index is 10.8. The van der Waals surface area contributed by atoms with Crippen LogP contribution >= 0.6 is 0 Å². The van der Waals surface area contributed by atoms with Crippen LogP contribution in [0.15, 0.2) is 83.9 Å². The first-order valence-corrected chi connectivity index (χ1v) is 15.6. The Morgan fingerprint density at radius 3 is 1.76 bits per heavy atom. The monoisotopic (exact) mass is 537 g/mol. The van der Waals surface area contributed by atoms with E-state index >= 15 is 0 Å². The van der Waals surface area contributed by atoms with Crippen LogP contribution in [0.1, 0.15) is 102 Å². The fourth-order valence-electron chi connectivity index (χ4n) is 4.78. The Labute approximate surface area is 231 Å². The number of nitrogens with zero attached hydrogens (tertiary/aromatic N) is 1. The normalized spacial score (nSPS) is 11.6. The van der Waals surface area contributed by atoms with Crippen molar-refractivity contribution >= 4 is 10.1 Å². The van der Waals surface area contributed by atoms with E-state index < -0.39 is 10.1 Å². The van der Waals surface area contributed by atoms with Crippen LogP contribution < -0.4 is 4.57 Å². The van der Waals surface area contributed by atoms with Crippen LogP contribution in [0.2, 0.25) is 0 Å². The summed E-state index contributed by atoms with van der Waals surface area (Å²) in [5, 5.41) is 0. The highest BCUT2D eigenvalue weighted by atomic mass is 32.2. The number of unbranched alkanes of at least 4 members (excludes halogenated alkanes) is 9. The average molecular weight is 538 g/mol. The predicted octanol–water partition coefficient (Wildman–Crippen LogP) is 8.12. The van der Waals surface area contributed by atoms with Gasteiger partial charge in [-0.15, -0.1) is 0 Å². The molecule has 0 aliphatic heterocycles. The molecule has 0 aliphatic rings. The van der Waals surface area contributed by atoms with Gasteiger partial charge in [-0.25, -0.2) is 8.42 Å². The Bertz CT molecular complexity index is 1160. The largest absolute Gasteiger partial charge is 0.744 e. The Kier molecular flexibility index (Phi) is 13.7. The second kappa shape index (κ2) is 16.5. The maximum Gasteiger partial charge on any atom is 0.187 e. The highest BCUT2D eigenvalue weighted by Gasteiger charge is 2.31. The molecule has 0 radical (unpaired) electrons. The Morgan fingerprint density at radius 2 is 1.24 bits per heavy atom. The number of aromatic nitrogens is 1. The quantitative estimate of drug-likeness (QED) is 0.118. The Morgan fingerprint density at radius 1 is 0.711 bits per heavy atom. The molecule has 0 spiro atoms. The minimum absolute atomic E-state index is 0.00734. The van der Waals surface area contributed by atoms with Crippen LogP contribution in [-0.4, -0.2) is 13.0 Å². The molecular formula is C33H47NO3S. The van der Waals surface area contributed by atoms with Crippen LogP contribution in [0.5, 0.6) is 0 Å². The number of pyridine rings is 1. The summed E-state index contributed by atoms with van der Waals surface area (Å²) < 4.78 is 34.8. The molecule has 0 amide bonds. The summed E-state index contributed by atoms with van der Waals surface area (Å²) >= 11 is 0. The Hall–Kier alpha value is -2.50. The lowest BCUT2D eigenvalue weighted by atomic mass is 9.93. The van der Waals surface area contributed by atoms with Crippen molar-refractivity contribution in [3.8, 4) is 0 Å². The van der Waals surface area contributed by atoms with Crippen molar-refractivity contribution in [2.75, 3.05) is 0 Å². The van der Waals surface area contributed by atoms with Gasteiger partial charge in [-0.2, -0.15) is 4.57 Å². The van der Waals surface area contributed by atoms with Crippen LogP contribution in [-0.2, 0) is 22.1 Å². The van der Waals surface area contributed by atoms with E-state index in [2.05, 4.69) is 87.0 Å². The van der Waals surface area contributed by atoms with E-state index in [4.69, 9.17) is 0 Å². The van der Waals surface area contributed by atoms with Crippen LogP contribution in [0.25, 0.3) is 0 Å². The van der Waals surface area contributed by atoms with Gasteiger partial charge in [-0.3, -0.25) is 0 Å². The first kappa shape index (κ1) is 31.7. The Balaban J connectivity index is 0.000000279. The molecule has 208 valence electrons. The van der Waals surface area contributed by atoms with Crippen LogP contribution in [0, 0.1) is 6.92 Å². The minimum atomic E-state index is -4.31. The average Bonchev–Trinajstić information content (AvgIpc) is 2.90. The van der Waals surface area contributed by atoms with Gasteiger partial charge in [0, 0.05) is 38.5 Å². The number of aryl methyl sites for hydroxylation is 2. The van der Waals surface area contributed by atoms with Crippen molar-refractivity contribution in [2.45, 2.75) is 109 Å². The number of benzene rings is 2. The summed E-state index contributed by atoms with van der Waals surface area (Å²) in [5.74, 6) is 0. The lowest BCUT2D eigenvalue weighted by molar-refractivity contribution is -0.752. The molecule has 1 aromatic heterocycles. The number of rotatable bonds is 14. The molecule has 0 bridgehead atoms. The van der Waals surface area contributed by atoms with Gasteiger partial charge in [0.15, 0.2) is 17.4 Å². The van der Waals surface area contributed by atoms with Gasteiger partial charge in [-0.05, 0) is 30.5 Å². The molecule has 4 nitrogen and oxygen atoms in total. The van der Waals surface area contributed by atoms with E-state index in [1.807, 2.05) is 0 Å². The molecule has 1 heterocycles. The smallest absolute Gasteiger partial charge is 0.187 e. The van der Waals surface area contributed by atoms with E-state index in [1.54, 1.807) is 12.1 Å². The highest BCUT2D eigenvalue weighted by Crippen LogP contribution is 2.19. The molecule has 3 aromatic rings. The molecule has 3 rings (SSSR count). The van der Waals surface area contributed by atoms with Crippen LogP contribution in [0.3, 0.4) is 0 Å². The molecule has 0 aliphatic carbocycles. The van der Waals surface area contributed by atoms with Crippen molar-refractivity contribution in [3.63, 3.8) is 0 Å². The van der Waals surface area contributed by atoms with Gasteiger partial charge in [0.2, 0.25) is 0 Å². The third kappa shape index (κ3) is 11.1. The first-order valence-electron chi connectivity index (χ1n) is 14.2. The van der Waals surface area contributed by atoms with Crippen LogP contribution in [0.4, 0.5) is 0 Å². The molecule has 0 fully saturated rings. The van der Waals surface area contributed by atoms with Crippen molar-refractivity contribution in [1.29, 1.82) is 0 Å². The SMILES string of the molecule is CCCCCCCCCCCCc1ccc(S(=O)(=O)[O-])cc1.Cc1cccc[n+]1C(C)(C)c1ccccc1. The molecular weight excluding hydrogens is 490 g/mol. The van der Waals surface area contributed by atoms with Crippen molar-refractivity contribution < 1.29 is 17.5 Å². The number of hydrogen-bond donors (Lipinski definition) is 0. The molecule has 0 saturated carbocycles. The topological polar surface area (TPSA) is 61.1 Å². The third-order valence-electron chi connectivity index (χ3n) is 7.18. The van der Waals surface area contributed by atoms with E-state index in [9.17, 15) is 13.0 Å². The fraction of sp³-hybridized carbons (Fsp3) is 0.485. The van der Waals surface area contributed by atoms with Gasteiger partial charge >= 0.3 is 0 Å². The lowest BCUT2D eigenvalue weighted by Gasteiger charge is -2.21. The van der Waals surface area contributed by atoms with E-state index in [0.717, 1.165) is 18.4 Å². The summed E-state index contributed by atoms with van der Waals surface area (Å²) in [6.07, 6.45) is 16.2. The first-order chi connectivity index (χ1) is 18.2. The maximum atomic E-state index is 10.8. The predicted molar refractivity (Wildman–Crippen MR) is 156 cm³/mol. The third-order valence-corrected chi connectivity index (χ3v) is 8.03. The van der Waals surface area contributed by atoms with Crippen molar-refractivity contribution in [2.24, 2.45) is 0 Å². The van der Waals surface area contributed by atoms with Gasteiger partial charge in [0.05, 0.1) is 4.90 Å². The van der Waals surface area contributed by atoms with E-state index in [-0.39, 0.29) is 10.4 Å². The molecule has 0 atom stereocenters. The zero-order valence-corrected chi connectivity index (χ0v) is 24.7. The second-order valence-corrected chi connectivity index (χ2v) is 12.0. The molecule has 2 aromatic carbocycles. The molecule has 0 unspecified atom stereocenters. The summed E-state index contributed by atoms with van der Waals surface area (Å²) in [6.45, 7) is 8.88. The fourth-order valence-corrected chi connectivity index (χ4v) is 5.25. The van der Waals surface area contributed by atoms with Crippen molar-refractivity contribution in [1.82, 2.24) is 0 Å². The van der Waals surface area contributed by atoms with Gasteiger partial charge < -0.3 is 4.55 Å². The molecule has 0 saturated heterocycles. The zero-order chi connectivity index (χ0) is 27.9. The molecule has 0 N–H and O–H groups in total. The summed E-state index contributed by atoms with van der Waals surface area (Å²) in [7, 11) is -4.31. The second-order valence-electron chi connectivity index (χ2n) is 10.7. The summed E-state index contributed by atoms with van der Waals surface area (Å²) in [5.41, 5.74) is 3.70. The lowest BCUT2D eigenvalue weighted by Crippen LogP contribution is -2.54. The number of hydrogen-bond acceptors (Lipinski definition) is 3. The minimum Gasteiger partial charge on any atom is -0.744 e. The van der Waals surface area contributed by atoms with Gasteiger partial charge in [-0.1, -0.05) is 113 Å². The molecule has 38 heavy (non-hydrogen) atoms. The highest BCUT2D eigenvalue weighted by molar-refractivity contribution is 7.85. The van der Waals surface area contributed by atoms with E-state index in [0.29, 0.717) is 0 Å². The summed E-state index contributed by atoms with van der Waals surface area (Å²) in [6, 6.07) is 23.2. The zero-order valence-electron chi connectivity index (χ0n) is 23.9. The summed E-state index contributed by atoms with van der Waals surface area (Å²) in [4.78, 5) is -0.140. The van der Waals surface area contributed by atoms with Crippen molar-refractivity contribution in [3.05, 3.63) is 95.8 Å². The van der Waals surface area contributed by atoms with Gasteiger partial charge in [0.1, 0.15) is 10.1 Å². The molecule has 5 heteroatoms. The standard InChI is InChI=1S/C18H30O3S.C15H18N/c1-2-3-4-5-6-7-8-9-10-11-12-17-13-15-18(16-14-17)22(19,20)21;1-13-9-7-8-12-16(13)15(2,3)14-10-5-4-6-11-14/h13-16H,2-12H2,1H3,(H,19,20,21);4-12H,1-3H3/q;+1/p-1.